The molecule has 0 saturated carbocycles. The van der Waals surface area contributed by atoms with Gasteiger partial charge in [0.1, 0.15) is 5.59 Å². The third-order valence-electron chi connectivity index (χ3n) is 3.83. The van der Waals surface area contributed by atoms with Crippen molar-refractivity contribution >= 4 is 12.7 Å². The molecular formula is C13H22BN3O3. The third-order valence-corrected chi connectivity index (χ3v) is 3.83. The van der Waals surface area contributed by atoms with Gasteiger partial charge in [0.15, 0.2) is 0 Å². The quantitative estimate of drug-likeness (QED) is 0.757. The Hall–Kier alpha value is -0.915. The molecule has 1 aromatic rings. The molecular weight excluding hydrogens is 257 g/mol. The molecule has 3 heterocycles. The fourth-order valence-corrected chi connectivity index (χ4v) is 1.90. The summed E-state index contributed by atoms with van der Waals surface area (Å²) in [5.41, 5.74) is -1.36. The highest BCUT2D eigenvalue weighted by atomic mass is 16.7. The van der Waals surface area contributed by atoms with Crippen LogP contribution in [0.5, 0.6) is 0 Å². The Balaban J connectivity index is 2.05. The molecule has 2 aliphatic rings. The summed E-state index contributed by atoms with van der Waals surface area (Å²) in [6.45, 7) is 6.37. The van der Waals surface area contributed by atoms with Crippen LogP contribution in [0, 0.1) is 0 Å². The first-order valence-corrected chi connectivity index (χ1v) is 6.52. The molecule has 0 aromatic carbocycles. The molecule has 3 rings (SSSR count). The van der Waals surface area contributed by atoms with Crippen molar-refractivity contribution in [1.29, 1.82) is 0 Å². The first-order chi connectivity index (χ1) is 11.7. The highest BCUT2D eigenvalue weighted by molar-refractivity contribution is 6.61. The molecule has 0 amide bonds. The highest BCUT2D eigenvalue weighted by Crippen LogP contribution is 2.36. The first kappa shape index (κ1) is 8.51. The smallest absolute Gasteiger partial charge is 0.398 e. The number of hydrogen-bond donors (Lipinski definition) is 0. The molecule has 1 aromatic heterocycles. The lowest BCUT2D eigenvalue weighted by atomic mass is 9.86. The van der Waals surface area contributed by atoms with Crippen LogP contribution in [0.2, 0.25) is 0 Å². The van der Waals surface area contributed by atoms with E-state index in [1.54, 1.807) is 0 Å². The van der Waals surface area contributed by atoms with E-state index in [-0.39, 0.29) is 5.59 Å². The van der Waals surface area contributed by atoms with Crippen molar-refractivity contribution in [2.75, 3.05) is 13.2 Å². The van der Waals surface area contributed by atoms with Crippen LogP contribution in [0.4, 0.5) is 0 Å². The lowest BCUT2D eigenvalue weighted by molar-refractivity contribution is 0.00578. The minimum absolute atomic E-state index is 0.0200. The van der Waals surface area contributed by atoms with Gasteiger partial charge in [-0.2, -0.15) is 0 Å². The topological polar surface area (TPSA) is 58.4 Å². The fraction of sp³-hybridized carbons (Fsp3) is 0.846. The van der Waals surface area contributed by atoms with Crippen molar-refractivity contribution in [3.8, 4) is 0 Å². The number of hydrogen-bond acceptors (Lipinski definition) is 5. The molecule has 2 aliphatic heterocycles. The van der Waals surface area contributed by atoms with Gasteiger partial charge < -0.3 is 14.0 Å². The van der Waals surface area contributed by atoms with Gasteiger partial charge in [0.25, 0.3) is 0 Å². The minimum Gasteiger partial charge on any atom is -0.398 e. The van der Waals surface area contributed by atoms with E-state index in [1.807, 2.05) is 27.7 Å². The maximum Gasteiger partial charge on any atom is 0.518 e. The van der Waals surface area contributed by atoms with E-state index in [0.717, 1.165) is 0 Å². The molecule has 2 fully saturated rings. The Bertz CT molecular complexity index is 694. The van der Waals surface area contributed by atoms with Gasteiger partial charge >= 0.3 is 7.12 Å². The van der Waals surface area contributed by atoms with Gasteiger partial charge in [-0.15, -0.1) is 5.10 Å². The second kappa shape index (κ2) is 4.82. The maximum atomic E-state index is 8.58. The zero-order chi connectivity index (χ0) is 19.8. The van der Waals surface area contributed by atoms with Crippen LogP contribution in [-0.2, 0) is 14.0 Å². The van der Waals surface area contributed by atoms with Gasteiger partial charge in [-0.25, -0.2) is 4.68 Å². The molecule has 20 heavy (non-hydrogen) atoms. The Morgan fingerprint density at radius 3 is 2.55 bits per heavy atom. The van der Waals surface area contributed by atoms with E-state index in [1.165, 1.54) is 0 Å². The van der Waals surface area contributed by atoms with Crippen LogP contribution < -0.4 is 5.59 Å². The van der Waals surface area contributed by atoms with Crippen LogP contribution in [0.15, 0.2) is 6.17 Å². The zero-order valence-electron chi connectivity index (χ0n) is 18.1. The monoisotopic (exact) mass is 285 g/mol. The largest absolute Gasteiger partial charge is 0.518 e. The Labute approximate surface area is 128 Å². The normalized spacial score (nSPS) is 37.1. The van der Waals surface area contributed by atoms with Crippen molar-refractivity contribution < 1.29 is 22.3 Å². The Morgan fingerprint density at radius 1 is 1.35 bits per heavy atom. The molecule has 0 atom stereocenters. The summed E-state index contributed by atoms with van der Waals surface area (Å²) in [7, 11) is -1.01. The molecule has 0 spiro atoms. The average Bonchev–Trinajstić information content (AvgIpc) is 2.93. The molecule has 6 nitrogen and oxygen atoms in total. The van der Waals surface area contributed by atoms with E-state index in [4.69, 9.17) is 22.3 Å². The van der Waals surface area contributed by atoms with Gasteiger partial charge in [-0.05, 0) is 40.4 Å². The Morgan fingerprint density at radius 2 is 1.95 bits per heavy atom. The van der Waals surface area contributed by atoms with Gasteiger partial charge in [0.05, 0.1) is 20.0 Å². The molecule has 7 heteroatoms. The van der Waals surface area contributed by atoms with Crippen molar-refractivity contribution in [2.45, 2.75) is 57.7 Å². The second-order valence-electron chi connectivity index (χ2n) is 5.78. The van der Waals surface area contributed by atoms with Crippen LogP contribution in [-0.4, -0.2) is 46.5 Å². The van der Waals surface area contributed by atoms with Crippen LogP contribution in [0.1, 0.15) is 54.7 Å². The summed E-state index contributed by atoms with van der Waals surface area (Å²) in [6.07, 6.45) is -5.27. The maximum absolute atomic E-state index is 8.58. The van der Waals surface area contributed by atoms with Gasteiger partial charge in [0, 0.05) is 24.9 Å². The van der Waals surface area contributed by atoms with Gasteiger partial charge in [0.2, 0.25) is 0 Å². The van der Waals surface area contributed by atoms with Crippen molar-refractivity contribution in [3.05, 3.63) is 6.17 Å². The van der Waals surface area contributed by atoms with Crippen molar-refractivity contribution in [1.82, 2.24) is 15.0 Å². The van der Waals surface area contributed by atoms with Gasteiger partial charge in [-0.1, -0.05) is 5.21 Å². The molecule has 110 valence electrons. The number of nitrogens with zero attached hydrogens (tertiary/aromatic N) is 3. The van der Waals surface area contributed by atoms with E-state index >= 15 is 0 Å². The average molecular weight is 285 g/mol. The van der Waals surface area contributed by atoms with E-state index < -0.39 is 56.5 Å². The van der Waals surface area contributed by atoms with E-state index in [2.05, 4.69) is 10.3 Å². The molecule has 0 aliphatic carbocycles. The van der Waals surface area contributed by atoms with Crippen LogP contribution in [0.3, 0.4) is 0 Å². The third kappa shape index (κ3) is 2.38. The number of ether oxygens (including phenoxy) is 1. The predicted molar refractivity (Wildman–Crippen MR) is 74.8 cm³/mol. The Kier molecular flexibility index (Phi) is 2.05. The molecule has 0 N–H and O–H groups in total. The minimum atomic E-state index is -2.52. The van der Waals surface area contributed by atoms with Gasteiger partial charge in [-0.3, -0.25) is 0 Å². The summed E-state index contributed by atoms with van der Waals surface area (Å²) < 4.78 is 66.6. The van der Waals surface area contributed by atoms with Crippen molar-refractivity contribution in [2.24, 2.45) is 0 Å². The summed E-state index contributed by atoms with van der Waals surface area (Å²) in [5, 5.41) is 7.60. The SMILES string of the molecule is [2H]c1c(B2OC(C)(C)C(C)(C)O2)nnn1C1([2H])C([2H])([2H])COCC1([2H])[2H]. The molecule has 0 bridgehead atoms. The standard InChI is InChI=1S/C13H22BN3O3/c1-12(2)13(3,4)20-14(19-12)11-9-17(16-15-11)10-5-7-18-8-6-10/h9-10H,5-8H2,1-4H3/i5D2,6D2,9D,10D. The lowest BCUT2D eigenvalue weighted by Crippen LogP contribution is -2.41. The summed E-state index contributed by atoms with van der Waals surface area (Å²) >= 11 is 0. The van der Waals surface area contributed by atoms with Crippen LogP contribution in [0.25, 0.3) is 0 Å². The highest BCUT2D eigenvalue weighted by Gasteiger charge is 2.52. The second-order valence-corrected chi connectivity index (χ2v) is 5.78. The lowest BCUT2D eigenvalue weighted by Gasteiger charge is -2.32. The number of aromatic nitrogens is 3. The van der Waals surface area contributed by atoms with E-state index in [9.17, 15) is 0 Å². The summed E-state index contributed by atoms with van der Waals surface area (Å²) in [6, 6.07) is -2.52. The van der Waals surface area contributed by atoms with E-state index in [0.29, 0.717) is 4.68 Å². The summed E-state index contributed by atoms with van der Waals surface area (Å²) in [4.78, 5) is 0. The van der Waals surface area contributed by atoms with Crippen LogP contribution >= 0.6 is 0 Å². The molecule has 0 unspecified atom stereocenters. The summed E-state index contributed by atoms with van der Waals surface area (Å²) in [5.74, 6) is 0. The number of rotatable bonds is 2. The first-order valence-electron chi connectivity index (χ1n) is 9.52. The fourth-order valence-electron chi connectivity index (χ4n) is 1.90. The van der Waals surface area contributed by atoms with Crippen molar-refractivity contribution in [3.63, 3.8) is 0 Å². The molecule has 0 radical (unpaired) electrons. The zero-order valence-corrected chi connectivity index (χ0v) is 12.1. The molecule has 2 saturated heterocycles. The predicted octanol–water partition coefficient (Wildman–Crippen LogP) is 0.929.